The molecule has 0 spiro atoms. The normalized spacial score (nSPS) is 23.8. The zero-order valence-corrected chi connectivity index (χ0v) is 19.4. The van der Waals surface area contributed by atoms with E-state index in [0.29, 0.717) is 13.1 Å². The van der Waals surface area contributed by atoms with Gasteiger partial charge in [0, 0.05) is 49.1 Å². The van der Waals surface area contributed by atoms with Crippen LogP contribution in [0.15, 0.2) is 12.2 Å². The average molecular weight is 447 g/mol. The van der Waals surface area contributed by atoms with E-state index < -0.39 is 12.2 Å². The van der Waals surface area contributed by atoms with Crippen molar-refractivity contribution < 1.29 is 19.7 Å². The molecule has 8 nitrogen and oxygen atoms in total. The van der Waals surface area contributed by atoms with Crippen LogP contribution in [-0.2, 0) is 11.3 Å². The number of nitrogens with zero attached hydrogens (tertiary/aromatic N) is 3. The molecule has 32 heavy (non-hydrogen) atoms. The lowest BCUT2D eigenvalue weighted by atomic mass is 10.0. The molecule has 0 saturated carbocycles. The number of nitrogens with one attached hydrogen (secondary N) is 1. The first-order valence-electron chi connectivity index (χ1n) is 12.2. The number of aromatic hydroxyl groups is 2. The Kier molecular flexibility index (Phi) is 7.30. The van der Waals surface area contributed by atoms with Crippen molar-refractivity contribution in [3.63, 3.8) is 0 Å². The van der Waals surface area contributed by atoms with Gasteiger partial charge in [-0.15, -0.1) is 0 Å². The zero-order chi connectivity index (χ0) is 22.7. The van der Waals surface area contributed by atoms with E-state index in [9.17, 15) is 15.0 Å². The third-order valence-electron chi connectivity index (χ3n) is 7.16. The molecule has 0 aromatic carbocycles. The molecule has 1 fully saturated rings. The topological polar surface area (TPSA) is 90.2 Å². The number of aromatic nitrogens is 1. The molecule has 3 unspecified atom stereocenters. The van der Waals surface area contributed by atoms with Gasteiger partial charge >= 0.3 is 6.09 Å². The minimum atomic E-state index is -0.472. The number of carbonyl (C=O) groups excluding carboxylic acids is 1. The summed E-state index contributed by atoms with van der Waals surface area (Å²) in [5, 5.41) is 24.7. The summed E-state index contributed by atoms with van der Waals surface area (Å²) < 4.78 is 7.35. The van der Waals surface area contributed by atoms with Crippen molar-refractivity contribution in [3.8, 4) is 11.8 Å². The summed E-state index contributed by atoms with van der Waals surface area (Å²) in [6.45, 7) is 10.6. The number of rotatable bonds is 9. The molecule has 1 aliphatic heterocycles. The molecule has 2 heterocycles. The van der Waals surface area contributed by atoms with E-state index in [2.05, 4.69) is 41.1 Å². The first-order valence-corrected chi connectivity index (χ1v) is 12.2. The van der Waals surface area contributed by atoms with Crippen molar-refractivity contribution in [3.05, 3.63) is 23.3 Å². The van der Waals surface area contributed by atoms with Gasteiger partial charge in [0.15, 0.2) is 11.8 Å². The molecule has 1 aromatic rings. The first kappa shape index (κ1) is 23.0. The second-order valence-corrected chi connectivity index (χ2v) is 9.31. The number of alkyl carbamates (subject to hydrolysis) is 1. The van der Waals surface area contributed by atoms with Gasteiger partial charge in [-0.05, 0) is 38.9 Å². The van der Waals surface area contributed by atoms with Crippen molar-refractivity contribution in [2.24, 2.45) is 0 Å². The van der Waals surface area contributed by atoms with Crippen molar-refractivity contribution in [2.75, 3.05) is 45.8 Å². The highest BCUT2D eigenvalue weighted by Crippen LogP contribution is 2.56. The maximum absolute atomic E-state index is 12.4. The van der Waals surface area contributed by atoms with E-state index in [0.717, 1.165) is 69.5 Å². The average Bonchev–Trinajstić information content (AvgIpc) is 3.40. The van der Waals surface area contributed by atoms with Crippen LogP contribution in [0, 0.1) is 0 Å². The molecule has 1 aromatic heterocycles. The van der Waals surface area contributed by atoms with E-state index in [4.69, 9.17) is 4.74 Å². The number of hydrogen-bond acceptors (Lipinski definition) is 6. The fourth-order valence-corrected chi connectivity index (χ4v) is 5.37. The Balaban J connectivity index is 1.48. The summed E-state index contributed by atoms with van der Waals surface area (Å²) in [5.41, 5.74) is 1.68. The maximum Gasteiger partial charge on any atom is 0.407 e. The lowest BCUT2D eigenvalue weighted by Gasteiger charge is -2.27. The largest absolute Gasteiger partial charge is 0.494 e. The molecule has 3 aliphatic rings. The van der Waals surface area contributed by atoms with Crippen LogP contribution >= 0.6 is 0 Å². The number of carbonyl (C=O) groups is 1. The Labute approximate surface area is 190 Å². The first-order chi connectivity index (χ1) is 15.5. The SMILES string of the molecule is CCCCNC(=O)OC(CN1CCCN(CC)CC1)Cn1c(O)c2c(c1O)C1C=CC2C1. The standard InChI is InChI=1S/C24H38N4O4/c1-3-5-9-25-24(31)32-19(15-27-11-6-10-26(4-2)12-13-27)16-28-22(29)20-17-7-8-18(14-17)21(20)23(28)30/h7-8,17-19,29-30H,3-6,9-16H2,1-2H3,(H,25,31). The molecule has 4 rings (SSSR count). The number of amides is 1. The van der Waals surface area contributed by atoms with Gasteiger partial charge in [-0.1, -0.05) is 32.4 Å². The van der Waals surface area contributed by atoms with Crippen LogP contribution in [0.2, 0.25) is 0 Å². The molecule has 1 saturated heterocycles. The summed E-state index contributed by atoms with van der Waals surface area (Å²) in [5.74, 6) is 0.568. The fourth-order valence-electron chi connectivity index (χ4n) is 5.37. The lowest BCUT2D eigenvalue weighted by molar-refractivity contribution is 0.0581. The second kappa shape index (κ2) is 10.2. The summed E-state index contributed by atoms with van der Waals surface area (Å²) in [4.78, 5) is 17.2. The predicted octanol–water partition coefficient (Wildman–Crippen LogP) is 2.96. The van der Waals surface area contributed by atoms with Gasteiger partial charge in [0.2, 0.25) is 0 Å². The summed E-state index contributed by atoms with van der Waals surface area (Å²) in [7, 11) is 0. The molecular formula is C24H38N4O4. The third kappa shape index (κ3) is 4.76. The predicted molar refractivity (Wildman–Crippen MR) is 123 cm³/mol. The summed E-state index contributed by atoms with van der Waals surface area (Å²) in [6.07, 6.45) is 7.22. The molecule has 2 aliphatic carbocycles. The minimum Gasteiger partial charge on any atom is -0.494 e. The van der Waals surface area contributed by atoms with Gasteiger partial charge in [-0.3, -0.25) is 9.47 Å². The van der Waals surface area contributed by atoms with Crippen molar-refractivity contribution >= 4 is 6.09 Å². The Hall–Kier alpha value is -2.19. The Bertz CT molecular complexity index is 801. The van der Waals surface area contributed by atoms with E-state index in [1.807, 2.05) is 0 Å². The van der Waals surface area contributed by atoms with E-state index in [-0.39, 0.29) is 30.1 Å². The molecule has 3 N–H and O–H groups in total. The van der Waals surface area contributed by atoms with Crippen LogP contribution in [0.1, 0.15) is 62.5 Å². The van der Waals surface area contributed by atoms with Crippen LogP contribution in [0.5, 0.6) is 11.8 Å². The van der Waals surface area contributed by atoms with E-state index >= 15 is 0 Å². The summed E-state index contributed by atoms with van der Waals surface area (Å²) in [6, 6.07) is 0. The Morgan fingerprint density at radius 3 is 2.38 bits per heavy atom. The van der Waals surface area contributed by atoms with Gasteiger partial charge in [0.05, 0.1) is 6.54 Å². The van der Waals surface area contributed by atoms with Crippen LogP contribution in [-0.4, -0.2) is 82.6 Å². The number of unbranched alkanes of at least 4 members (excludes halogenated alkanes) is 1. The highest BCUT2D eigenvalue weighted by molar-refractivity contribution is 5.67. The van der Waals surface area contributed by atoms with Gasteiger partial charge in [-0.2, -0.15) is 0 Å². The number of fused-ring (bicyclic) bond motifs is 5. The van der Waals surface area contributed by atoms with Gasteiger partial charge in [-0.25, -0.2) is 4.79 Å². The molecule has 2 bridgehead atoms. The minimum absolute atomic E-state index is 0.113. The van der Waals surface area contributed by atoms with E-state index in [1.165, 1.54) is 4.57 Å². The number of likely N-dealkylation sites (N-methyl/N-ethyl adjacent to an activating group) is 1. The van der Waals surface area contributed by atoms with Gasteiger partial charge in [0.1, 0.15) is 6.10 Å². The monoisotopic (exact) mass is 446 g/mol. The van der Waals surface area contributed by atoms with Crippen molar-refractivity contribution in [1.82, 2.24) is 19.7 Å². The maximum atomic E-state index is 12.4. The van der Waals surface area contributed by atoms with Crippen LogP contribution < -0.4 is 5.32 Å². The lowest BCUT2D eigenvalue weighted by Crippen LogP contribution is -2.41. The highest BCUT2D eigenvalue weighted by Gasteiger charge is 2.41. The number of allylic oxidation sites excluding steroid dienone is 2. The van der Waals surface area contributed by atoms with Crippen LogP contribution in [0.25, 0.3) is 0 Å². The van der Waals surface area contributed by atoms with E-state index in [1.54, 1.807) is 0 Å². The Morgan fingerprint density at radius 2 is 1.72 bits per heavy atom. The second-order valence-electron chi connectivity index (χ2n) is 9.31. The van der Waals surface area contributed by atoms with Crippen molar-refractivity contribution in [1.29, 1.82) is 0 Å². The quantitative estimate of drug-likeness (QED) is 0.399. The summed E-state index contributed by atoms with van der Waals surface area (Å²) >= 11 is 0. The fraction of sp³-hybridized carbons (Fsp3) is 0.708. The molecule has 3 atom stereocenters. The number of ether oxygens (including phenoxy) is 1. The molecular weight excluding hydrogens is 408 g/mol. The molecule has 8 heteroatoms. The zero-order valence-electron chi connectivity index (χ0n) is 19.4. The van der Waals surface area contributed by atoms with Gasteiger partial charge < -0.3 is 25.2 Å². The molecule has 1 amide bonds. The van der Waals surface area contributed by atoms with Gasteiger partial charge in [0.25, 0.3) is 0 Å². The third-order valence-corrected chi connectivity index (χ3v) is 7.16. The van der Waals surface area contributed by atoms with Crippen LogP contribution in [0.3, 0.4) is 0 Å². The van der Waals surface area contributed by atoms with Crippen LogP contribution in [0.4, 0.5) is 4.79 Å². The molecule has 0 radical (unpaired) electrons. The highest BCUT2D eigenvalue weighted by atomic mass is 16.6. The smallest absolute Gasteiger partial charge is 0.407 e. The molecule has 178 valence electrons. The Morgan fingerprint density at radius 1 is 1.06 bits per heavy atom. The van der Waals surface area contributed by atoms with Crippen molar-refractivity contribution in [2.45, 2.75) is 64.0 Å². The number of hydrogen-bond donors (Lipinski definition) is 3.